The third-order valence-corrected chi connectivity index (χ3v) is 6.68. The van der Waals surface area contributed by atoms with E-state index in [1.165, 1.54) is 0 Å². The number of carbonyl (C=O) groups is 2. The summed E-state index contributed by atoms with van der Waals surface area (Å²) in [5.74, 6) is 0.431. The Morgan fingerprint density at radius 3 is 2.88 bits per heavy atom. The number of hydrogen-bond acceptors (Lipinski definition) is 6. The molecule has 0 saturated carbocycles. The van der Waals surface area contributed by atoms with E-state index in [0.717, 1.165) is 36.9 Å². The predicted molar refractivity (Wildman–Crippen MR) is 115 cm³/mol. The van der Waals surface area contributed by atoms with Crippen LogP contribution in [0.4, 0.5) is 0 Å². The molecule has 32 heavy (non-hydrogen) atoms. The molecule has 2 fully saturated rings. The molecule has 3 aliphatic heterocycles. The zero-order valence-corrected chi connectivity index (χ0v) is 18.2. The molecule has 2 aromatic heterocycles. The molecule has 0 spiro atoms. The molecule has 0 radical (unpaired) electrons. The smallest absolute Gasteiger partial charge is 0.256 e. The lowest BCUT2D eigenvalue weighted by Crippen LogP contribution is -2.42. The molecule has 5 heterocycles. The number of amides is 2. The van der Waals surface area contributed by atoms with Crippen molar-refractivity contribution in [1.29, 1.82) is 0 Å². The zero-order valence-electron chi connectivity index (χ0n) is 18.2. The third kappa shape index (κ3) is 3.70. The van der Waals surface area contributed by atoms with Crippen LogP contribution in [0.5, 0.6) is 0 Å². The summed E-state index contributed by atoms with van der Waals surface area (Å²) in [6, 6.07) is 1.47. The highest BCUT2D eigenvalue weighted by Crippen LogP contribution is 2.32. The van der Waals surface area contributed by atoms with Gasteiger partial charge >= 0.3 is 0 Å². The van der Waals surface area contributed by atoms with Gasteiger partial charge in [-0.2, -0.15) is 0 Å². The molecule has 0 unspecified atom stereocenters. The van der Waals surface area contributed by atoms with Crippen LogP contribution < -0.4 is 5.56 Å². The molecule has 2 saturated heterocycles. The summed E-state index contributed by atoms with van der Waals surface area (Å²) >= 11 is 0. The van der Waals surface area contributed by atoms with Crippen molar-refractivity contribution >= 4 is 11.8 Å². The van der Waals surface area contributed by atoms with E-state index >= 15 is 0 Å². The Labute approximate surface area is 185 Å². The van der Waals surface area contributed by atoms with E-state index < -0.39 is 0 Å². The van der Waals surface area contributed by atoms with Crippen molar-refractivity contribution in [2.24, 2.45) is 0 Å². The van der Waals surface area contributed by atoms with Crippen molar-refractivity contribution in [2.75, 3.05) is 19.7 Å². The van der Waals surface area contributed by atoms with Crippen LogP contribution in [-0.4, -0.2) is 62.4 Å². The van der Waals surface area contributed by atoms with Crippen molar-refractivity contribution in [3.63, 3.8) is 0 Å². The average molecular weight is 438 g/mol. The molecule has 0 bridgehead atoms. The van der Waals surface area contributed by atoms with E-state index in [1.807, 2.05) is 11.8 Å². The summed E-state index contributed by atoms with van der Waals surface area (Å²) in [5.41, 5.74) is 2.41. The van der Waals surface area contributed by atoms with Gasteiger partial charge in [0.25, 0.3) is 17.4 Å². The summed E-state index contributed by atoms with van der Waals surface area (Å²) in [4.78, 5) is 54.1. The molecule has 2 aromatic rings. The van der Waals surface area contributed by atoms with Gasteiger partial charge in [0.05, 0.1) is 23.8 Å². The molecular weight excluding hydrogens is 410 g/mol. The largest absolute Gasteiger partial charge is 0.368 e. The van der Waals surface area contributed by atoms with Gasteiger partial charge < -0.3 is 19.5 Å². The minimum absolute atomic E-state index is 0.00476. The Bertz CT molecular complexity index is 1110. The normalized spacial score (nSPS) is 22.8. The lowest BCUT2D eigenvalue weighted by molar-refractivity contribution is -0.142. The number of H-pyrrole nitrogens is 1. The lowest BCUT2D eigenvalue weighted by atomic mass is 10.0. The minimum atomic E-state index is -0.379. The van der Waals surface area contributed by atoms with E-state index in [4.69, 9.17) is 9.72 Å². The SMILES string of the molecule is Cc1cnccc1C(=O)N1CCc2nc([C@@H]3CCCN3C(=O)[C@@H]3CCCO3)[nH]c(=O)c2C1. The number of likely N-dealkylation sites (tertiary alicyclic amines) is 1. The van der Waals surface area contributed by atoms with E-state index in [1.54, 1.807) is 23.4 Å². The van der Waals surface area contributed by atoms with Crippen LogP contribution in [0.2, 0.25) is 0 Å². The highest BCUT2D eigenvalue weighted by atomic mass is 16.5. The number of aromatic amines is 1. The fourth-order valence-corrected chi connectivity index (χ4v) is 4.93. The first kappa shape index (κ1) is 20.8. The maximum absolute atomic E-state index is 13.0. The predicted octanol–water partition coefficient (Wildman–Crippen LogP) is 1.51. The van der Waals surface area contributed by atoms with Gasteiger partial charge in [-0.3, -0.25) is 19.4 Å². The molecular formula is C23H27N5O4. The van der Waals surface area contributed by atoms with Crippen LogP contribution in [0.15, 0.2) is 23.3 Å². The Morgan fingerprint density at radius 2 is 2.09 bits per heavy atom. The first-order chi connectivity index (χ1) is 15.5. The quantitative estimate of drug-likeness (QED) is 0.780. The summed E-state index contributed by atoms with van der Waals surface area (Å²) in [7, 11) is 0. The number of hydrogen-bond donors (Lipinski definition) is 1. The zero-order chi connectivity index (χ0) is 22.2. The average Bonchev–Trinajstić information content (AvgIpc) is 3.51. The van der Waals surface area contributed by atoms with Gasteiger partial charge in [0.1, 0.15) is 11.9 Å². The molecule has 9 heteroatoms. The first-order valence-corrected chi connectivity index (χ1v) is 11.3. The molecule has 168 valence electrons. The van der Waals surface area contributed by atoms with Crippen LogP contribution in [0.1, 0.15) is 64.7 Å². The number of ether oxygens (including phenoxy) is 1. The first-order valence-electron chi connectivity index (χ1n) is 11.3. The molecule has 0 aromatic carbocycles. The molecule has 0 aliphatic carbocycles. The molecule has 2 amide bonds. The summed E-state index contributed by atoms with van der Waals surface area (Å²) < 4.78 is 5.58. The van der Waals surface area contributed by atoms with E-state index in [2.05, 4.69) is 9.97 Å². The molecule has 5 rings (SSSR count). The lowest BCUT2D eigenvalue weighted by Gasteiger charge is -2.30. The molecule has 2 atom stereocenters. The number of carbonyl (C=O) groups excluding carboxylic acids is 2. The van der Waals surface area contributed by atoms with Gasteiger partial charge in [-0.05, 0) is 44.2 Å². The number of nitrogens with one attached hydrogen (secondary N) is 1. The van der Waals surface area contributed by atoms with Gasteiger partial charge in [0.2, 0.25) is 0 Å². The van der Waals surface area contributed by atoms with Crippen molar-refractivity contribution < 1.29 is 14.3 Å². The van der Waals surface area contributed by atoms with Gasteiger partial charge in [-0.15, -0.1) is 0 Å². The maximum Gasteiger partial charge on any atom is 0.256 e. The molecule has 9 nitrogen and oxygen atoms in total. The maximum atomic E-state index is 13.0. The van der Waals surface area contributed by atoms with Crippen molar-refractivity contribution in [2.45, 2.75) is 57.7 Å². The van der Waals surface area contributed by atoms with E-state index in [-0.39, 0.29) is 36.1 Å². The van der Waals surface area contributed by atoms with Crippen LogP contribution in [0, 0.1) is 6.92 Å². The van der Waals surface area contributed by atoms with Crippen LogP contribution >= 0.6 is 0 Å². The van der Waals surface area contributed by atoms with Crippen molar-refractivity contribution in [1.82, 2.24) is 24.8 Å². The number of aryl methyl sites for hydroxylation is 1. The van der Waals surface area contributed by atoms with Crippen molar-refractivity contribution in [3.8, 4) is 0 Å². The van der Waals surface area contributed by atoms with Crippen LogP contribution in [0.25, 0.3) is 0 Å². The monoisotopic (exact) mass is 437 g/mol. The number of pyridine rings is 1. The van der Waals surface area contributed by atoms with Crippen molar-refractivity contribution in [3.05, 3.63) is 57.0 Å². The fraction of sp³-hybridized carbons (Fsp3) is 0.522. The third-order valence-electron chi connectivity index (χ3n) is 6.68. The van der Waals surface area contributed by atoms with Gasteiger partial charge in [0.15, 0.2) is 0 Å². The standard InChI is InChI=1S/C23H27N5O4/c1-14-12-24-8-6-15(14)22(30)27-10-7-17-16(13-27)21(29)26-20(25-17)18-4-2-9-28(18)23(31)19-5-3-11-32-19/h6,8,12,18-19H,2-5,7,9-11,13H2,1H3,(H,25,26,29)/t18-,19-/m0/s1. The Morgan fingerprint density at radius 1 is 1.22 bits per heavy atom. The Hall–Kier alpha value is -3.07. The number of rotatable bonds is 3. The Kier molecular flexibility index (Phi) is 5.50. The minimum Gasteiger partial charge on any atom is -0.368 e. The number of nitrogens with zero attached hydrogens (tertiary/aromatic N) is 4. The molecule has 3 aliphatic rings. The van der Waals surface area contributed by atoms with E-state index in [9.17, 15) is 14.4 Å². The van der Waals surface area contributed by atoms with Gasteiger partial charge in [0, 0.05) is 44.1 Å². The van der Waals surface area contributed by atoms with Crippen LogP contribution in [0.3, 0.4) is 0 Å². The topological polar surface area (TPSA) is 108 Å². The fourth-order valence-electron chi connectivity index (χ4n) is 4.93. The summed E-state index contributed by atoms with van der Waals surface area (Å²) in [5, 5.41) is 0. The van der Waals surface area contributed by atoms with E-state index in [0.29, 0.717) is 43.1 Å². The highest BCUT2D eigenvalue weighted by Gasteiger charge is 2.37. The second-order valence-corrected chi connectivity index (χ2v) is 8.74. The highest BCUT2D eigenvalue weighted by molar-refractivity contribution is 5.95. The second-order valence-electron chi connectivity index (χ2n) is 8.74. The summed E-state index contributed by atoms with van der Waals surface area (Å²) in [6.07, 6.45) is 6.68. The molecule has 1 N–H and O–H groups in total. The second kappa shape index (κ2) is 8.46. The number of aromatic nitrogens is 3. The summed E-state index contributed by atoms with van der Waals surface area (Å²) in [6.45, 7) is 3.84. The number of fused-ring (bicyclic) bond motifs is 1. The van der Waals surface area contributed by atoms with Gasteiger partial charge in [-0.1, -0.05) is 0 Å². The van der Waals surface area contributed by atoms with Gasteiger partial charge in [-0.25, -0.2) is 4.98 Å². The Balaban J connectivity index is 1.37. The van der Waals surface area contributed by atoms with Crippen LogP contribution in [-0.2, 0) is 22.5 Å².